The van der Waals surface area contributed by atoms with Gasteiger partial charge in [-0.05, 0) is 0 Å². The molecule has 0 saturated heterocycles. The van der Waals surface area contributed by atoms with E-state index in [4.69, 9.17) is 46.0 Å². The fourth-order valence-electron chi connectivity index (χ4n) is 0. The molecule has 0 aliphatic rings. The molecule has 12 nitrogen and oxygen atoms in total. The minimum Gasteiger partial charge on any atom is -0.356 e. The van der Waals surface area contributed by atoms with Crippen molar-refractivity contribution in [2.75, 3.05) is 0 Å². The molecule has 0 bridgehead atoms. The average molecular weight is 584 g/mol. The topological polar surface area (TPSA) is 199 Å². The third-order valence-corrected chi connectivity index (χ3v) is 0. The van der Waals surface area contributed by atoms with E-state index in [1.54, 1.807) is 0 Å². The molecule has 0 N–H and O–H groups in total. The Morgan fingerprint density at radius 3 is 0.600 bits per heavy atom. The van der Waals surface area contributed by atoms with Crippen molar-refractivity contribution in [3.05, 3.63) is 46.0 Å². The fourth-order valence-corrected chi connectivity index (χ4v) is 0. The van der Waals surface area contributed by atoms with E-state index in [0.717, 1.165) is 0 Å². The van der Waals surface area contributed by atoms with E-state index in [1.807, 2.05) is 0 Å². The van der Waals surface area contributed by atoms with Crippen LogP contribution in [0.4, 0.5) is 0 Å². The molecule has 0 spiro atoms. The molecule has 0 aromatic carbocycles. The third kappa shape index (κ3) is 1110. The summed E-state index contributed by atoms with van der Waals surface area (Å²) in [6.45, 7) is 0. The van der Waals surface area contributed by atoms with Crippen LogP contribution in [0, 0.1) is 135 Å². The molecule has 0 fully saturated rings. The molecule has 15 heteroatoms. The van der Waals surface area contributed by atoms with Gasteiger partial charge in [0.05, 0.1) is 15.3 Å². The zero-order chi connectivity index (χ0) is 10.7. The summed E-state index contributed by atoms with van der Waals surface area (Å²) in [4.78, 5) is 24.8. The Morgan fingerprint density at radius 2 is 0.600 bits per heavy atom. The van der Waals surface area contributed by atoms with Crippen molar-refractivity contribution in [1.82, 2.24) is 0 Å². The molecule has 0 unspecified atom stereocenters. The van der Waals surface area contributed by atoms with Crippen molar-refractivity contribution in [2.45, 2.75) is 0 Å². The van der Waals surface area contributed by atoms with Crippen molar-refractivity contribution < 1.29 is 137 Å². The van der Waals surface area contributed by atoms with E-state index in [0.29, 0.717) is 0 Å². The van der Waals surface area contributed by atoms with Gasteiger partial charge in [-0.25, -0.2) is 0 Å². The van der Waals surface area contributed by atoms with E-state index in [-0.39, 0.29) is 122 Å². The summed E-state index contributed by atoms with van der Waals surface area (Å²) in [7, 11) is 0. The molecule has 0 amide bonds. The predicted octanol–water partition coefficient (Wildman–Crippen LogP) is -0.720. The van der Waals surface area contributed by atoms with Crippen LogP contribution < -0.4 is 0 Å². The Morgan fingerprint density at radius 1 is 0.600 bits per heavy atom. The van der Waals surface area contributed by atoms with Crippen molar-refractivity contribution in [3.8, 4) is 0 Å². The van der Waals surface area contributed by atoms with E-state index in [2.05, 4.69) is 0 Å². The van der Waals surface area contributed by atoms with E-state index < -0.39 is 15.3 Å². The Balaban J connectivity index is -0.0000000184. The second-order valence-corrected chi connectivity index (χ2v) is 0.671. The van der Waals surface area contributed by atoms with Gasteiger partial charge >= 0.3 is 49.4 Å². The van der Waals surface area contributed by atoms with Crippen LogP contribution in [0.5, 0.6) is 0 Å². The van der Waals surface area contributed by atoms with Gasteiger partial charge in [0.2, 0.25) is 0 Å². The fraction of sp³-hybridized carbons (Fsp3) is 0. The Hall–Kier alpha value is 1.61. The van der Waals surface area contributed by atoms with Crippen molar-refractivity contribution >= 4 is 0 Å². The number of hydrogen-bond acceptors (Lipinski definition) is 9. The van der Waals surface area contributed by atoms with Crippen molar-refractivity contribution in [3.63, 3.8) is 0 Å². The zero-order valence-corrected chi connectivity index (χ0v) is 13.9. The molecule has 87 valence electrons. The molecule has 0 atom stereocenters. The van der Waals surface area contributed by atoms with E-state index in [9.17, 15) is 0 Å². The van der Waals surface area contributed by atoms with E-state index >= 15 is 0 Å². The molecule has 0 aliphatic heterocycles. The summed E-state index contributed by atoms with van der Waals surface area (Å²) >= 11 is 0. The SMILES string of the molecule is O=[N+]([O-])[O-].O=[N+]([O-])[O-].O=[N+]([O-])[O-].[Eu+3].[Gd].[Y]. The van der Waals surface area contributed by atoms with Gasteiger partial charge in [0, 0.05) is 72.6 Å². The van der Waals surface area contributed by atoms with Crippen LogP contribution in [-0.4, -0.2) is 15.3 Å². The van der Waals surface area contributed by atoms with Crippen LogP contribution in [0.25, 0.3) is 0 Å². The maximum atomic E-state index is 8.25. The summed E-state index contributed by atoms with van der Waals surface area (Å²) < 4.78 is 0. The smallest absolute Gasteiger partial charge is 0.356 e. The first-order valence-corrected chi connectivity index (χ1v) is 1.64. The van der Waals surface area contributed by atoms with Gasteiger partial charge in [-0.1, -0.05) is 0 Å². The minimum absolute atomic E-state index is 0. The van der Waals surface area contributed by atoms with Gasteiger partial charge in [0.15, 0.2) is 0 Å². The van der Waals surface area contributed by atoms with Crippen LogP contribution in [0.1, 0.15) is 0 Å². The Labute approximate surface area is 179 Å². The minimum atomic E-state index is -1.75. The molecule has 1 radical (unpaired) electrons. The third-order valence-electron chi connectivity index (χ3n) is 0. The molecule has 0 heterocycles. The first-order valence-electron chi connectivity index (χ1n) is 1.64. The van der Waals surface area contributed by atoms with Crippen molar-refractivity contribution in [2.24, 2.45) is 0 Å². The van der Waals surface area contributed by atoms with Gasteiger partial charge in [0.1, 0.15) is 0 Å². The van der Waals surface area contributed by atoms with Gasteiger partial charge in [-0.2, -0.15) is 0 Å². The molecule has 0 aliphatic carbocycles. The maximum absolute atomic E-state index is 8.25. The summed E-state index contributed by atoms with van der Waals surface area (Å²) in [5.74, 6) is 0. The van der Waals surface area contributed by atoms with E-state index in [1.165, 1.54) is 0 Å². The standard InChI is InChI=1S/Eu.Gd.3NO3.Y/c;;3*2-1(3)4;/q+3;;3*-1;. The zero-order valence-electron chi connectivity index (χ0n) is 6.32. The monoisotopic (exact) mass is 586 g/mol. The molecular weight excluding hydrogens is 584 g/mol. The number of rotatable bonds is 0. The number of nitrogens with zero attached hydrogens (tertiary/aromatic N) is 3. The van der Waals surface area contributed by atoms with Crippen LogP contribution in [0.2, 0.25) is 0 Å². The normalized spacial score (nSPS) is 4.80. The summed E-state index contributed by atoms with van der Waals surface area (Å²) in [5, 5.41) is 44.2. The first kappa shape index (κ1) is 36.0. The first-order chi connectivity index (χ1) is 5.20. The second-order valence-electron chi connectivity index (χ2n) is 0.671. The average Bonchev–Trinajstić information content (AvgIpc) is 1.54. The Kier molecular flexibility index (Phi) is 70.9. The van der Waals surface area contributed by atoms with Gasteiger partial charge in [-0.15, -0.1) is 0 Å². The van der Waals surface area contributed by atoms with Crippen LogP contribution in [0.3, 0.4) is 0 Å². The molecule has 0 aromatic rings. The second kappa shape index (κ2) is 29.6. The quantitative estimate of drug-likeness (QED) is 0.261. The largest absolute Gasteiger partial charge is 3.00 e. The van der Waals surface area contributed by atoms with Crippen LogP contribution >= 0.6 is 0 Å². The van der Waals surface area contributed by atoms with Gasteiger partial charge < -0.3 is 46.0 Å². The molecule has 0 saturated carbocycles. The molecule has 0 rings (SSSR count). The van der Waals surface area contributed by atoms with Crippen molar-refractivity contribution in [1.29, 1.82) is 0 Å². The van der Waals surface area contributed by atoms with Gasteiger partial charge in [-0.3, -0.25) is 0 Å². The molecular formula is EuGdN3O9Y. The summed E-state index contributed by atoms with van der Waals surface area (Å²) in [5.41, 5.74) is 0. The predicted molar refractivity (Wildman–Crippen MR) is 31.1 cm³/mol. The number of hydrogen-bond donors (Lipinski definition) is 0. The Bertz CT molecular complexity index is 123. The van der Waals surface area contributed by atoms with Crippen LogP contribution in [-0.2, 0) is 32.7 Å². The summed E-state index contributed by atoms with van der Waals surface area (Å²) in [6.07, 6.45) is 0. The van der Waals surface area contributed by atoms with Gasteiger partial charge in [0.25, 0.3) is 0 Å². The van der Waals surface area contributed by atoms with Crippen LogP contribution in [0.15, 0.2) is 0 Å². The maximum Gasteiger partial charge on any atom is 3.00 e. The summed E-state index contributed by atoms with van der Waals surface area (Å²) in [6, 6.07) is 0. The molecule has 15 heavy (non-hydrogen) atoms. The molecule has 0 aromatic heterocycles.